The van der Waals surface area contributed by atoms with Crippen molar-refractivity contribution in [2.45, 2.75) is 32.0 Å². The van der Waals surface area contributed by atoms with Crippen molar-refractivity contribution in [1.29, 1.82) is 0 Å². The maximum Gasteiger partial charge on any atom is 0.275 e. The fraction of sp³-hybridized carbons (Fsp3) is 0.471. The summed E-state index contributed by atoms with van der Waals surface area (Å²) in [6, 6.07) is 7.66. The predicted octanol–water partition coefficient (Wildman–Crippen LogP) is -0.297. The maximum atomic E-state index is 12.5. The van der Waals surface area contributed by atoms with E-state index in [0.29, 0.717) is 18.5 Å². The number of hydrogen-bond donors (Lipinski definition) is 3. The van der Waals surface area contributed by atoms with Gasteiger partial charge in [-0.05, 0) is 19.4 Å². The van der Waals surface area contributed by atoms with Crippen molar-refractivity contribution >= 4 is 16.7 Å². The van der Waals surface area contributed by atoms with Crippen LogP contribution in [0, 0.1) is 6.92 Å². The van der Waals surface area contributed by atoms with Crippen molar-refractivity contribution in [3.63, 3.8) is 0 Å². The standard InChI is InChI=1S/C17H23N5O3/c1-11-14-5-3-4-6-15(14)17(24)22(21-11)9-16(23)18-8-12-7-13(10-25-2)20-19-12/h3-6,12-13,19-20H,7-10H2,1-2H3,(H,18,23). The monoisotopic (exact) mass is 345 g/mol. The van der Waals surface area contributed by atoms with Crippen LogP contribution in [0.1, 0.15) is 12.1 Å². The molecule has 1 aromatic heterocycles. The van der Waals surface area contributed by atoms with Crippen molar-refractivity contribution in [1.82, 2.24) is 25.9 Å². The van der Waals surface area contributed by atoms with E-state index in [0.717, 1.165) is 17.5 Å². The van der Waals surface area contributed by atoms with Crippen LogP contribution in [0.25, 0.3) is 10.8 Å². The van der Waals surface area contributed by atoms with Gasteiger partial charge in [-0.1, -0.05) is 18.2 Å². The Morgan fingerprint density at radius 1 is 1.32 bits per heavy atom. The molecule has 1 fully saturated rings. The van der Waals surface area contributed by atoms with Crippen molar-refractivity contribution in [2.75, 3.05) is 20.3 Å². The molecule has 0 aliphatic carbocycles. The number of nitrogens with one attached hydrogen (secondary N) is 3. The lowest BCUT2D eigenvalue weighted by molar-refractivity contribution is -0.122. The summed E-state index contributed by atoms with van der Waals surface area (Å²) in [6.45, 7) is 2.84. The van der Waals surface area contributed by atoms with Crippen LogP contribution in [0.3, 0.4) is 0 Å². The van der Waals surface area contributed by atoms with Gasteiger partial charge in [-0.3, -0.25) is 20.4 Å². The van der Waals surface area contributed by atoms with Crippen LogP contribution in [-0.4, -0.2) is 48.0 Å². The Labute approximate surface area is 145 Å². The molecule has 1 saturated heterocycles. The molecule has 0 saturated carbocycles. The van der Waals surface area contributed by atoms with Gasteiger partial charge in [0.05, 0.1) is 17.7 Å². The molecule has 1 aliphatic heterocycles. The summed E-state index contributed by atoms with van der Waals surface area (Å²) < 4.78 is 6.33. The molecule has 2 aromatic rings. The minimum absolute atomic E-state index is 0.0911. The number of amides is 1. The summed E-state index contributed by atoms with van der Waals surface area (Å²) in [7, 11) is 1.66. The minimum Gasteiger partial charge on any atom is -0.383 e. The first-order valence-corrected chi connectivity index (χ1v) is 8.31. The molecule has 2 atom stereocenters. The number of nitrogens with zero attached hydrogens (tertiary/aromatic N) is 2. The third kappa shape index (κ3) is 4.04. The van der Waals surface area contributed by atoms with E-state index >= 15 is 0 Å². The minimum atomic E-state index is -0.253. The van der Waals surface area contributed by atoms with E-state index in [4.69, 9.17) is 4.74 Å². The van der Waals surface area contributed by atoms with Gasteiger partial charge in [0.1, 0.15) is 6.54 Å². The molecule has 3 rings (SSSR count). The van der Waals surface area contributed by atoms with Crippen LogP contribution >= 0.6 is 0 Å². The number of hydrogen-bond acceptors (Lipinski definition) is 6. The molecular weight excluding hydrogens is 322 g/mol. The Morgan fingerprint density at radius 3 is 2.80 bits per heavy atom. The van der Waals surface area contributed by atoms with Gasteiger partial charge in [0, 0.05) is 31.1 Å². The Bertz CT molecular complexity index is 820. The number of rotatable bonds is 6. The first-order valence-electron chi connectivity index (χ1n) is 8.31. The van der Waals surface area contributed by atoms with Crippen molar-refractivity contribution in [3.05, 3.63) is 40.3 Å². The van der Waals surface area contributed by atoms with Gasteiger partial charge in [-0.2, -0.15) is 5.10 Å². The van der Waals surface area contributed by atoms with E-state index in [9.17, 15) is 9.59 Å². The molecule has 1 aliphatic rings. The molecular formula is C17H23N5O3. The molecule has 3 N–H and O–H groups in total. The van der Waals surface area contributed by atoms with Crippen LogP contribution in [0.2, 0.25) is 0 Å². The summed E-state index contributed by atoms with van der Waals surface area (Å²) in [4.78, 5) is 24.7. The van der Waals surface area contributed by atoms with Crippen LogP contribution in [0.5, 0.6) is 0 Å². The van der Waals surface area contributed by atoms with E-state index < -0.39 is 0 Å². The van der Waals surface area contributed by atoms with Gasteiger partial charge in [-0.15, -0.1) is 0 Å². The molecule has 1 aromatic carbocycles. The van der Waals surface area contributed by atoms with Crippen molar-refractivity contribution in [3.8, 4) is 0 Å². The number of aryl methyl sites for hydroxylation is 1. The number of methoxy groups -OCH3 is 1. The number of carbonyl (C=O) groups is 1. The molecule has 2 heterocycles. The van der Waals surface area contributed by atoms with E-state index in [1.54, 1.807) is 13.2 Å². The topological polar surface area (TPSA) is 97.3 Å². The molecule has 25 heavy (non-hydrogen) atoms. The maximum absolute atomic E-state index is 12.5. The zero-order valence-corrected chi connectivity index (χ0v) is 14.4. The highest BCUT2D eigenvalue weighted by Gasteiger charge is 2.23. The lowest BCUT2D eigenvalue weighted by atomic mass is 10.1. The molecule has 8 nitrogen and oxygen atoms in total. The fourth-order valence-electron chi connectivity index (χ4n) is 3.08. The zero-order chi connectivity index (χ0) is 17.8. The molecule has 8 heteroatoms. The third-order valence-electron chi connectivity index (χ3n) is 4.32. The van der Waals surface area contributed by atoms with E-state index in [-0.39, 0.29) is 30.1 Å². The smallest absolute Gasteiger partial charge is 0.275 e. The highest BCUT2D eigenvalue weighted by Crippen LogP contribution is 2.11. The Balaban J connectivity index is 1.61. The highest BCUT2D eigenvalue weighted by atomic mass is 16.5. The second-order valence-corrected chi connectivity index (χ2v) is 6.27. The first kappa shape index (κ1) is 17.5. The summed E-state index contributed by atoms with van der Waals surface area (Å²) in [5, 5.41) is 8.49. The van der Waals surface area contributed by atoms with Crippen molar-refractivity contribution in [2.24, 2.45) is 0 Å². The fourth-order valence-corrected chi connectivity index (χ4v) is 3.08. The van der Waals surface area contributed by atoms with E-state index in [2.05, 4.69) is 21.3 Å². The largest absolute Gasteiger partial charge is 0.383 e. The Morgan fingerprint density at radius 2 is 2.04 bits per heavy atom. The quantitative estimate of drug-likeness (QED) is 0.665. The Hall–Kier alpha value is -2.29. The van der Waals surface area contributed by atoms with Gasteiger partial charge < -0.3 is 10.1 Å². The van der Waals surface area contributed by atoms with E-state index in [1.165, 1.54) is 4.68 Å². The average Bonchev–Trinajstić information content (AvgIpc) is 3.06. The SMILES string of the molecule is COCC1CC(CNC(=O)Cn2nc(C)c3ccccc3c2=O)NN1. The second-order valence-electron chi connectivity index (χ2n) is 6.27. The summed E-state index contributed by atoms with van der Waals surface area (Å²) >= 11 is 0. The third-order valence-corrected chi connectivity index (χ3v) is 4.32. The van der Waals surface area contributed by atoms with Crippen LogP contribution in [0.15, 0.2) is 29.1 Å². The van der Waals surface area contributed by atoms with Gasteiger partial charge in [0.2, 0.25) is 5.91 Å². The van der Waals surface area contributed by atoms with Crippen LogP contribution in [0.4, 0.5) is 0 Å². The normalized spacial score (nSPS) is 20.1. The molecule has 2 unspecified atom stereocenters. The summed E-state index contributed by atoms with van der Waals surface area (Å²) in [5.74, 6) is -0.235. The Kier molecular flexibility index (Phi) is 5.42. The van der Waals surface area contributed by atoms with Gasteiger partial charge in [0.15, 0.2) is 0 Å². The molecule has 0 radical (unpaired) electrons. The molecule has 0 spiro atoms. The number of ether oxygens (including phenoxy) is 1. The molecule has 1 amide bonds. The highest BCUT2D eigenvalue weighted by molar-refractivity contribution is 5.83. The number of carbonyl (C=O) groups excluding carboxylic acids is 1. The number of fused-ring (bicyclic) bond motifs is 1. The molecule has 0 bridgehead atoms. The van der Waals surface area contributed by atoms with Crippen LogP contribution < -0.4 is 21.7 Å². The number of benzene rings is 1. The summed E-state index contributed by atoms with van der Waals surface area (Å²) in [6.07, 6.45) is 0.863. The lowest BCUT2D eigenvalue weighted by Crippen LogP contribution is -2.42. The number of hydrazine groups is 1. The first-order chi connectivity index (χ1) is 12.1. The second kappa shape index (κ2) is 7.73. The number of aromatic nitrogens is 2. The van der Waals surface area contributed by atoms with E-state index in [1.807, 2.05) is 25.1 Å². The van der Waals surface area contributed by atoms with Gasteiger partial charge >= 0.3 is 0 Å². The molecule has 134 valence electrons. The average molecular weight is 345 g/mol. The zero-order valence-electron chi connectivity index (χ0n) is 14.4. The van der Waals surface area contributed by atoms with Gasteiger partial charge in [-0.25, -0.2) is 4.68 Å². The lowest BCUT2D eigenvalue weighted by Gasteiger charge is -2.12. The van der Waals surface area contributed by atoms with Gasteiger partial charge in [0.25, 0.3) is 5.56 Å². The predicted molar refractivity (Wildman–Crippen MR) is 94.1 cm³/mol. The summed E-state index contributed by atoms with van der Waals surface area (Å²) in [5.41, 5.74) is 6.73. The van der Waals surface area contributed by atoms with Crippen LogP contribution in [-0.2, 0) is 16.1 Å². The van der Waals surface area contributed by atoms with Crippen molar-refractivity contribution < 1.29 is 9.53 Å².